The Hall–Kier alpha value is -2.81. The Morgan fingerprint density at radius 3 is 2.62 bits per heavy atom. The van der Waals surface area contributed by atoms with E-state index in [-0.39, 0.29) is 12.4 Å². The van der Waals surface area contributed by atoms with Gasteiger partial charge in [0.2, 0.25) is 0 Å². The number of anilines is 1. The fraction of sp³-hybridized carbons (Fsp3) is 0.353. The predicted octanol–water partition coefficient (Wildman–Crippen LogP) is 2.22. The maximum atomic E-state index is 12.3. The molecule has 0 spiro atoms. The number of carbonyl (C=O) groups is 3. The summed E-state index contributed by atoms with van der Waals surface area (Å²) in [7, 11) is 0. The quantitative estimate of drug-likeness (QED) is 0.703. The van der Waals surface area contributed by atoms with Crippen molar-refractivity contribution in [2.45, 2.75) is 32.8 Å². The van der Waals surface area contributed by atoms with E-state index in [2.05, 4.69) is 15.3 Å². The van der Waals surface area contributed by atoms with Crippen LogP contribution in [0.15, 0.2) is 29.9 Å². The molecule has 2 rings (SSSR count). The van der Waals surface area contributed by atoms with Crippen LogP contribution in [0.1, 0.15) is 36.3 Å². The van der Waals surface area contributed by atoms with E-state index in [4.69, 9.17) is 9.47 Å². The second kappa shape index (κ2) is 9.62. The zero-order chi connectivity index (χ0) is 18.9. The fourth-order valence-corrected chi connectivity index (χ4v) is 2.71. The van der Waals surface area contributed by atoms with Gasteiger partial charge in [-0.1, -0.05) is 6.92 Å². The summed E-state index contributed by atoms with van der Waals surface area (Å²) in [5, 5.41) is 4.59. The Morgan fingerprint density at radius 2 is 1.96 bits per heavy atom. The van der Waals surface area contributed by atoms with Crippen LogP contribution in [-0.4, -0.2) is 40.5 Å². The molecule has 0 saturated heterocycles. The minimum atomic E-state index is -0.951. The van der Waals surface area contributed by atoms with Crippen molar-refractivity contribution < 1.29 is 23.9 Å². The molecule has 1 amide bonds. The number of nitrogens with zero attached hydrogens (tertiary/aromatic N) is 2. The van der Waals surface area contributed by atoms with E-state index in [1.165, 1.54) is 35.9 Å². The lowest BCUT2D eigenvalue weighted by Gasteiger charge is -2.15. The zero-order valence-electron chi connectivity index (χ0n) is 14.4. The van der Waals surface area contributed by atoms with Crippen LogP contribution in [0.25, 0.3) is 0 Å². The number of aromatic nitrogens is 2. The van der Waals surface area contributed by atoms with Crippen LogP contribution in [-0.2, 0) is 25.5 Å². The van der Waals surface area contributed by atoms with Crippen LogP contribution in [0.2, 0.25) is 0 Å². The van der Waals surface area contributed by atoms with Gasteiger partial charge < -0.3 is 9.47 Å². The highest BCUT2D eigenvalue weighted by atomic mass is 32.1. The van der Waals surface area contributed by atoms with Crippen LogP contribution >= 0.6 is 11.3 Å². The smallest absolute Gasteiger partial charge is 0.339 e. The number of thiazole rings is 1. The molecule has 1 N–H and O–H groups in total. The summed E-state index contributed by atoms with van der Waals surface area (Å²) < 4.78 is 10.1. The van der Waals surface area contributed by atoms with E-state index in [9.17, 15) is 14.4 Å². The Bertz CT molecular complexity index is 763. The number of nitrogens with one attached hydrogen (secondary N) is 1. The molecule has 2 aromatic heterocycles. The summed E-state index contributed by atoms with van der Waals surface area (Å²) in [4.78, 5) is 43.8. The van der Waals surface area contributed by atoms with Gasteiger partial charge in [-0.2, -0.15) is 0 Å². The van der Waals surface area contributed by atoms with E-state index in [0.29, 0.717) is 29.4 Å². The van der Waals surface area contributed by atoms with E-state index < -0.39 is 18.0 Å². The van der Waals surface area contributed by atoms with E-state index in [0.717, 1.165) is 0 Å². The predicted molar refractivity (Wildman–Crippen MR) is 94.8 cm³/mol. The summed E-state index contributed by atoms with van der Waals surface area (Å²) in [5.74, 6) is -1.46. The van der Waals surface area contributed by atoms with Crippen molar-refractivity contribution in [2.24, 2.45) is 0 Å². The Morgan fingerprint density at radius 1 is 1.23 bits per heavy atom. The van der Waals surface area contributed by atoms with Crippen LogP contribution in [0.5, 0.6) is 0 Å². The number of hydrogen-bond acceptors (Lipinski definition) is 8. The lowest BCUT2D eigenvalue weighted by Crippen LogP contribution is -2.32. The van der Waals surface area contributed by atoms with Gasteiger partial charge in [0.05, 0.1) is 24.3 Å². The first-order valence-electron chi connectivity index (χ1n) is 8.05. The number of amides is 1. The van der Waals surface area contributed by atoms with Gasteiger partial charge >= 0.3 is 11.9 Å². The molecule has 0 aliphatic rings. The molecule has 0 aliphatic heterocycles. The number of ether oxygens (including phenoxy) is 2. The number of carbonyl (C=O) groups excluding carboxylic acids is 3. The Kier molecular flexibility index (Phi) is 7.22. The standard InChI is InChI=1S/C17H19N3O5S/c1-3-13(25-16(23)11-5-7-18-8-6-11)15(22)20-17-19-12(10-26-17)9-14(21)24-4-2/h5-8,10,13H,3-4,9H2,1-2H3,(H,19,20,22). The summed E-state index contributed by atoms with van der Waals surface area (Å²) in [5.41, 5.74) is 0.822. The Balaban J connectivity index is 1.93. The lowest BCUT2D eigenvalue weighted by atomic mass is 10.2. The molecule has 9 heteroatoms. The molecule has 8 nitrogen and oxygen atoms in total. The van der Waals surface area contributed by atoms with E-state index in [1.54, 1.807) is 19.2 Å². The van der Waals surface area contributed by atoms with Gasteiger partial charge in [0.1, 0.15) is 0 Å². The minimum Gasteiger partial charge on any atom is -0.466 e. The molecule has 1 unspecified atom stereocenters. The van der Waals surface area contributed by atoms with Gasteiger partial charge in [-0.15, -0.1) is 11.3 Å². The largest absolute Gasteiger partial charge is 0.466 e. The normalized spacial score (nSPS) is 11.5. The molecular weight excluding hydrogens is 358 g/mol. The highest BCUT2D eigenvalue weighted by molar-refractivity contribution is 7.13. The monoisotopic (exact) mass is 377 g/mol. The van der Waals surface area contributed by atoms with Crippen molar-refractivity contribution in [2.75, 3.05) is 11.9 Å². The van der Waals surface area contributed by atoms with E-state index >= 15 is 0 Å². The lowest BCUT2D eigenvalue weighted by molar-refractivity contribution is -0.142. The first-order chi connectivity index (χ1) is 12.5. The average molecular weight is 377 g/mol. The summed E-state index contributed by atoms with van der Waals surface area (Å²) in [6, 6.07) is 3.02. The number of rotatable bonds is 8. The molecule has 0 fully saturated rings. The molecule has 2 heterocycles. The van der Waals surface area contributed by atoms with Gasteiger partial charge in [0.15, 0.2) is 11.2 Å². The van der Waals surface area contributed by atoms with Crippen molar-refractivity contribution in [3.8, 4) is 0 Å². The van der Waals surface area contributed by atoms with Crippen molar-refractivity contribution >= 4 is 34.3 Å². The van der Waals surface area contributed by atoms with Crippen molar-refractivity contribution in [1.82, 2.24) is 9.97 Å². The minimum absolute atomic E-state index is 0.0362. The topological polar surface area (TPSA) is 107 Å². The first-order valence-corrected chi connectivity index (χ1v) is 8.93. The van der Waals surface area contributed by atoms with E-state index in [1.807, 2.05) is 0 Å². The van der Waals surface area contributed by atoms with Crippen LogP contribution in [0.3, 0.4) is 0 Å². The summed E-state index contributed by atoms with van der Waals surface area (Å²) >= 11 is 1.18. The maximum Gasteiger partial charge on any atom is 0.339 e. The molecular formula is C17H19N3O5S. The molecule has 0 aliphatic carbocycles. The number of pyridine rings is 1. The van der Waals surface area contributed by atoms with Crippen molar-refractivity contribution in [3.63, 3.8) is 0 Å². The molecule has 0 saturated carbocycles. The Labute approximate surface area is 154 Å². The summed E-state index contributed by atoms with van der Waals surface area (Å²) in [6.45, 7) is 3.76. The second-order valence-corrected chi connectivity index (χ2v) is 6.01. The third kappa shape index (κ3) is 5.62. The molecule has 0 aromatic carbocycles. The number of hydrogen-bond donors (Lipinski definition) is 1. The average Bonchev–Trinajstić information content (AvgIpc) is 3.06. The SMILES string of the molecule is CCOC(=O)Cc1csc(NC(=O)C(CC)OC(=O)c2ccncc2)n1. The molecule has 0 bridgehead atoms. The van der Waals surface area contributed by atoms with Gasteiger partial charge in [-0.05, 0) is 25.5 Å². The van der Waals surface area contributed by atoms with Crippen LogP contribution in [0, 0.1) is 0 Å². The molecule has 0 radical (unpaired) electrons. The van der Waals surface area contributed by atoms with Crippen molar-refractivity contribution in [1.29, 1.82) is 0 Å². The van der Waals surface area contributed by atoms with Crippen LogP contribution < -0.4 is 5.32 Å². The van der Waals surface area contributed by atoms with Gasteiger partial charge in [0.25, 0.3) is 5.91 Å². The number of esters is 2. The molecule has 1 atom stereocenters. The first kappa shape index (κ1) is 19.5. The van der Waals surface area contributed by atoms with Gasteiger partial charge in [-0.3, -0.25) is 19.9 Å². The second-order valence-electron chi connectivity index (χ2n) is 5.15. The van der Waals surface area contributed by atoms with Crippen LogP contribution in [0.4, 0.5) is 5.13 Å². The highest BCUT2D eigenvalue weighted by Gasteiger charge is 2.23. The van der Waals surface area contributed by atoms with Crippen molar-refractivity contribution in [3.05, 3.63) is 41.2 Å². The van der Waals surface area contributed by atoms with Gasteiger partial charge in [0, 0.05) is 17.8 Å². The zero-order valence-corrected chi connectivity index (χ0v) is 15.2. The summed E-state index contributed by atoms with van der Waals surface area (Å²) in [6.07, 6.45) is 2.34. The highest BCUT2D eigenvalue weighted by Crippen LogP contribution is 2.17. The van der Waals surface area contributed by atoms with Gasteiger partial charge in [-0.25, -0.2) is 9.78 Å². The maximum absolute atomic E-state index is 12.3. The molecule has 2 aromatic rings. The third-order valence-corrected chi connectivity index (χ3v) is 4.05. The molecule has 26 heavy (non-hydrogen) atoms. The fourth-order valence-electron chi connectivity index (χ4n) is 2.00. The third-order valence-electron chi connectivity index (χ3n) is 3.24. The molecule has 138 valence electrons.